The van der Waals surface area contributed by atoms with Crippen LogP contribution in [0.2, 0.25) is 0 Å². The van der Waals surface area contributed by atoms with Crippen molar-refractivity contribution in [2.24, 2.45) is 5.92 Å². The highest BCUT2D eigenvalue weighted by Gasteiger charge is 2.28. The number of anilines is 1. The van der Waals surface area contributed by atoms with E-state index in [-0.39, 0.29) is 36.5 Å². The van der Waals surface area contributed by atoms with Gasteiger partial charge in [-0.15, -0.1) is 0 Å². The molecule has 36 heavy (non-hydrogen) atoms. The van der Waals surface area contributed by atoms with Gasteiger partial charge < -0.3 is 24.4 Å². The molecule has 0 aromatic heterocycles. The van der Waals surface area contributed by atoms with Crippen molar-refractivity contribution in [3.63, 3.8) is 0 Å². The Kier molecular flexibility index (Phi) is 10.3. The highest BCUT2D eigenvalue weighted by atomic mass is 16.5. The fourth-order valence-electron chi connectivity index (χ4n) is 4.49. The molecule has 8 heteroatoms. The first-order valence-corrected chi connectivity index (χ1v) is 12.4. The third-order valence-electron chi connectivity index (χ3n) is 6.66. The monoisotopic (exact) mass is 497 g/mol. The van der Waals surface area contributed by atoms with Crippen LogP contribution in [0.3, 0.4) is 0 Å². The summed E-state index contributed by atoms with van der Waals surface area (Å²) in [6.45, 7) is 6.84. The minimum atomic E-state index is -0.289. The first kappa shape index (κ1) is 27.6. The van der Waals surface area contributed by atoms with Gasteiger partial charge in [0.15, 0.2) is 0 Å². The Balaban J connectivity index is 1.87. The molecule has 0 aliphatic carbocycles. The highest BCUT2D eigenvalue weighted by Crippen LogP contribution is 2.26. The summed E-state index contributed by atoms with van der Waals surface area (Å²) in [6, 6.07) is 15.7. The number of rotatable bonds is 7. The predicted octanol–water partition coefficient (Wildman–Crippen LogP) is 3.32. The average molecular weight is 498 g/mol. The number of hydrogen-bond donors (Lipinski definition) is 1. The minimum Gasteiger partial charge on any atom is -0.491 e. The van der Waals surface area contributed by atoms with Crippen molar-refractivity contribution in [1.82, 2.24) is 9.80 Å². The van der Waals surface area contributed by atoms with E-state index in [4.69, 9.17) is 14.2 Å². The maximum atomic E-state index is 13.4. The van der Waals surface area contributed by atoms with Crippen molar-refractivity contribution < 1.29 is 23.8 Å². The van der Waals surface area contributed by atoms with Crippen LogP contribution in [0.15, 0.2) is 48.5 Å². The number of benzene rings is 2. The number of likely N-dealkylation sites (N-methyl/N-ethyl adjacent to an activating group) is 1. The third-order valence-corrected chi connectivity index (χ3v) is 6.66. The van der Waals surface area contributed by atoms with E-state index in [1.54, 1.807) is 37.3 Å². The molecule has 1 heterocycles. The van der Waals surface area contributed by atoms with Crippen molar-refractivity contribution in [3.05, 3.63) is 59.7 Å². The average Bonchev–Trinajstić information content (AvgIpc) is 2.88. The quantitative estimate of drug-likeness (QED) is 0.632. The summed E-state index contributed by atoms with van der Waals surface area (Å²) in [5.41, 5.74) is 2.22. The molecule has 0 saturated carbocycles. The molecular weight excluding hydrogens is 458 g/mol. The molecule has 2 aromatic rings. The van der Waals surface area contributed by atoms with Gasteiger partial charge in [0, 0.05) is 52.6 Å². The molecule has 1 N–H and O–H groups in total. The molecule has 0 bridgehead atoms. The van der Waals surface area contributed by atoms with Crippen LogP contribution in [0.25, 0.3) is 0 Å². The smallest absolute Gasteiger partial charge is 0.257 e. The van der Waals surface area contributed by atoms with Gasteiger partial charge >= 0.3 is 0 Å². The van der Waals surface area contributed by atoms with Gasteiger partial charge in [-0.2, -0.15) is 0 Å². The second kappa shape index (κ2) is 13.4. The predicted molar refractivity (Wildman–Crippen MR) is 141 cm³/mol. The zero-order valence-corrected chi connectivity index (χ0v) is 22.0. The van der Waals surface area contributed by atoms with E-state index in [2.05, 4.69) is 48.3 Å². The Hall–Kier alpha value is -2.94. The van der Waals surface area contributed by atoms with E-state index in [9.17, 15) is 9.59 Å². The Morgan fingerprint density at radius 1 is 1.11 bits per heavy atom. The SMILES string of the molecule is COCC(=O)Nc1ccc2c(c1)C(=O)N(C)C[C@H](OC)[C@H](C)CN(CCc1ccccc1)[C@H](C)CO2. The molecule has 0 spiro atoms. The summed E-state index contributed by atoms with van der Waals surface area (Å²) < 4.78 is 16.9. The summed E-state index contributed by atoms with van der Waals surface area (Å²) in [6.07, 6.45) is 0.813. The Morgan fingerprint density at radius 2 is 1.86 bits per heavy atom. The number of methoxy groups -OCH3 is 2. The van der Waals surface area contributed by atoms with E-state index >= 15 is 0 Å². The first-order valence-electron chi connectivity index (χ1n) is 12.4. The molecule has 1 aliphatic heterocycles. The van der Waals surface area contributed by atoms with Gasteiger partial charge in [0.1, 0.15) is 19.0 Å². The van der Waals surface area contributed by atoms with E-state index in [1.807, 2.05) is 6.07 Å². The van der Waals surface area contributed by atoms with Crippen LogP contribution in [-0.4, -0.2) is 87.9 Å². The summed E-state index contributed by atoms with van der Waals surface area (Å²) in [4.78, 5) is 29.5. The highest BCUT2D eigenvalue weighted by molar-refractivity contribution is 5.99. The van der Waals surface area contributed by atoms with Gasteiger partial charge in [-0.25, -0.2) is 0 Å². The van der Waals surface area contributed by atoms with E-state index < -0.39 is 0 Å². The zero-order chi connectivity index (χ0) is 26.1. The van der Waals surface area contributed by atoms with Gasteiger partial charge in [-0.3, -0.25) is 14.5 Å². The Morgan fingerprint density at radius 3 is 2.56 bits per heavy atom. The van der Waals surface area contributed by atoms with E-state index in [0.717, 1.165) is 19.5 Å². The Bertz CT molecular complexity index is 1000. The maximum absolute atomic E-state index is 13.4. The van der Waals surface area contributed by atoms with Crippen LogP contribution in [0, 0.1) is 5.92 Å². The van der Waals surface area contributed by atoms with E-state index in [0.29, 0.717) is 30.2 Å². The largest absolute Gasteiger partial charge is 0.491 e. The van der Waals surface area contributed by atoms with Gasteiger partial charge in [-0.05, 0) is 43.0 Å². The number of carbonyl (C=O) groups is 2. The van der Waals surface area contributed by atoms with Gasteiger partial charge in [-0.1, -0.05) is 37.3 Å². The van der Waals surface area contributed by atoms with Crippen molar-refractivity contribution >= 4 is 17.5 Å². The summed E-state index contributed by atoms with van der Waals surface area (Å²) >= 11 is 0. The number of nitrogens with one attached hydrogen (secondary N) is 1. The third kappa shape index (κ3) is 7.53. The fourth-order valence-corrected chi connectivity index (χ4v) is 4.49. The molecule has 0 unspecified atom stereocenters. The van der Waals surface area contributed by atoms with Crippen molar-refractivity contribution in [2.45, 2.75) is 32.4 Å². The molecule has 3 atom stereocenters. The second-order valence-corrected chi connectivity index (χ2v) is 9.52. The standard InChI is InChI=1S/C28H39N3O5/c1-20-16-31(14-13-22-9-7-6-8-10-22)21(2)18-36-25-12-11-23(29-27(32)19-34-4)15-24(25)28(33)30(3)17-26(20)35-5/h6-12,15,20-21,26H,13-14,16-19H2,1-5H3,(H,29,32)/t20-,21-,26+/m1/s1. The van der Waals surface area contributed by atoms with Crippen LogP contribution in [0.5, 0.6) is 5.75 Å². The lowest BCUT2D eigenvalue weighted by atomic mass is 10.0. The molecular formula is C28H39N3O5. The molecule has 0 radical (unpaired) electrons. The van der Waals surface area contributed by atoms with Crippen LogP contribution >= 0.6 is 0 Å². The molecule has 2 aromatic carbocycles. The lowest BCUT2D eigenvalue weighted by molar-refractivity contribution is -0.119. The van der Waals surface area contributed by atoms with Crippen molar-refractivity contribution in [1.29, 1.82) is 0 Å². The van der Waals surface area contributed by atoms with Gasteiger partial charge in [0.05, 0.1) is 11.7 Å². The number of hydrogen-bond acceptors (Lipinski definition) is 6. The van der Waals surface area contributed by atoms with Crippen LogP contribution in [-0.2, 0) is 20.7 Å². The number of ether oxygens (including phenoxy) is 3. The van der Waals surface area contributed by atoms with E-state index in [1.165, 1.54) is 12.7 Å². The van der Waals surface area contributed by atoms with Crippen molar-refractivity contribution in [3.8, 4) is 5.75 Å². The maximum Gasteiger partial charge on any atom is 0.257 e. The first-order chi connectivity index (χ1) is 17.3. The number of fused-ring (bicyclic) bond motifs is 1. The van der Waals surface area contributed by atoms with Gasteiger partial charge in [0.2, 0.25) is 5.91 Å². The summed E-state index contributed by atoms with van der Waals surface area (Å²) in [5.74, 6) is 0.218. The molecule has 3 rings (SSSR count). The molecule has 0 fully saturated rings. The van der Waals surface area contributed by atoms with Crippen LogP contribution in [0.4, 0.5) is 5.69 Å². The van der Waals surface area contributed by atoms with Crippen LogP contribution < -0.4 is 10.1 Å². The van der Waals surface area contributed by atoms with Crippen LogP contribution in [0.1, 0.15) is 29.8 Å². The second-order valence-electron chi connectivity index (χ2n) is 9.52. The lowest BCUT2D eigenvalue weighted by Gasteiger charge is -2.36. The minimum absolute atomic E-state index is 0.0643. The zero-order valence-electron chi connectivity index (χ0n) is 22.0. The topological polar surface area (TPSA) is 80.3 Å². The molecule has 0 saturated heterocycles. The number of amides is 2. The number of carbonyl (C=O) groups excluding carboxylic acids is 2. The number of nitrogens with zero attached hydrogens (tertiary/aromatic N) is 2. The van der Waals surface area contributed by atoms with Crippen molar-refractivity contribution in [2.75, 3.05) is 59.4 Å². The summed E-state index contributed by atoms with van der Waals surface area (Å²) in [5, 5.41) is 2.77. The molecule has 2 amide bonds. The molecule has 1 aliphatic rings. The summed E-state index contributed by atoms with van der Waals surface area (Å²) in [7, 11) is 4.92. The van der Waals surface area contributed by atoms with Gasteiger partial charge in [0.25, 0.3) is 5.91 Å². The lowest BCUT2D eigenvalue weighted by Crippen LogP contribution is -2.47. The Labute approximate surface area is 214 Å². The fraction of sp³-hybridized carbons (Fsp3) is 0.500. The molecule has 196 valence electrons. The normalized spacial score (nSPS) is 21.6. The molecule has 8 nitrogen and oxygen atoms in total.